The molecule has 0 bridgehead atoms. The molecule has 0 aromatic heterocycles. The minimum absolute atomic E-state index is 0.170. The summed E-state index contributed by atoms with van der Waals surface area (Å²) >= 11 is 0. The molecule has 0 aromatic carbocycles. The zero-order valence-electron chi connectivity index (χ0n) is 6.75. The quantitative estimate of drug-likeness (QED) is 0.572. The molecule has 1 N–H and O–H groups in total. The van der Waals surface area contributed by atoms with Crippen LogP contribution in [0.5, 0.6) is 0 Å². The number of carbonyl (C=O) groups is 1. The Morgan fingerprint density at radius 3 is 2.82 bits per heavy atom. The van der Waals surface area contributed by atoms with Crippen molar-refractivity contribution in [2.24, 2.45) is 5.92 Å². The Labute approximate surface area is 67.4 Å². The minimum atomic E-state index is 0.170. The molecular weight excluding hydrogens is 138 g/mol. The summed E-state index contributed by atoms with van der Waals surface area (Å²) in [6.45, 7) is 0. The van der Waals surface area contributed by atoms with E-state index in [0.29, 0.717) is 6.04 Å². The van der Waals surface area contributed by atoms with Crippen LogP contribution in [0, 0.1) is 5.92 Å². The average Bonchev–Trinajstić information content (AvgIpc) is 2.46. The number of rotatable bonds is 1. The van der Waals surface area contributed by atoms with Gasteiger partial charge >= 0.3 is 0 Å². The number of aldehydes is 1. The second kappa shape index (κ2) is 2.94. The summed E-state index contributed by atoms with van der Waals surface area (Å²) in [5, 5.41) is 3.37. The number of fused-ring (bicyclic) bond motifs is 1. The molecular formula is C9H15NO. The molecule has 1 saturated heterocycles. The lowest BCUT2D eigenvalue weighted by Gasteiger charge is -2.24. The second-order valence-corrected chi connectivity index (χ2v) is 3.80. The fourth-order valence-corrected chi connectivity index (χ4v) is 2.47. The van der Waals surface area contributed by atoms with Gasteiger partial charge in [0.1, 0.15) is 6.29 Å². The molecule has 0 spiro atoms. The highest BCUT2D eigenvalue weighted by Gasteiger charge is 2.34. The highest BCUT2D eigenvalue weighted by Crippen LogP contribution is 2.32. The Morgan fingerprint density at radius 2 is 2.09 bits per heavy atom. The van der Waals surface area contributed by atoms with Crippen LogP contribution in [0.1, 0.15) is 32.1 Å². The molecule has 0 amide bonds. The zero-order valence-corrected chi connectivity index (χ0v) is 6.75. The molecule has 1 aliphatic heterocycles. The molecule has 62 valence electrons. The summed E-state index contributed by atoms with van der Waals surface area (Å²) in [6, 6.07) is 0.835. The smallest absolute Gasteiger partial charge is 0.136 e. The van der Waals surface area contributed by atoms with Gasteiger partial charge in [-0.3, -0.25) is 0 Å². The van der Waals surface area contributed by atoms with Crippen molar-refractivity contribution in [2.45, 2.75) is 44.2 Å². The van der Waals surface area contributed by atoms with Gasteiger partial charge < -0.3 is 10.1 Å². The lowest BCUT2D eigenvalue weighted by molar-refractivity contribution is -0.109. The third-order valence-electron chi connectivity index (χ3n) is 3.06. The summed E-state index contributed by atoms with van der Waals surface area (Å²) in [5.74, 6) is 0.805. The number of hydrogen-bond donors (Lipinski definition) is 1. The first-order valence-corrected chi connectivity index (χ1v) is 4.61. The predicted octanol–water partition coefficient (Wildman–Crippen LogP) is 1.11. The zero-order chi connectivity index (χ0) is 7.68. The SMILES string of the molecule is O=C[C@@H]1C[C@H]2CCCC[C@@H]2N1. The van der Waals surface area contributed by atoms with Gasteiger partial charge in [-0.1, -0.05) is 12.8 Å². The van der Waals surface area contributed by atoms with Crippen molar-refractivity contribution in [3.63, 3.8) is 0 Å². The molecule has 3 atom stereocenters. The van der Waals surface area contributed by atoms with E-state index in [1.165, 1.54) is 25.7 Å². The van der Waals surface area contributed by atoms with Crippen LogP contribution in [-0.4, -0.2) is 18.4 Å². The largest absolute Gasteiger partial charge is 0.305 e. The summed E-state index contributed by atoms with van der Waals surface area (Å²) in [7, 11) is 0. The van der Waals surface area contributed by atoms with Crippen LogP contribution in [0.4, 0.5) is 0 Å². The topological polar surface area (TPSA) is 29.1 Å². The van der Waals surface area contributed by atoms with Crippen LogP contribution in [0.2, 0.25) is 0 Å². The van der Waals surface area contributed by atoms with Gasteiger partial charge in [-0.2, -0.15) is 0 Å². The van der Waals surface area contributed by atoms with Crippen LogP contribution in [0.25, 0.3) is 0 Å². The van der Waals surface area contributed by atoms with E-state index in [-0.39, 0.29) is 6.04 Å². The van der Waals surface area contributed by atoms with Crippen molar-refractivity contribution in [3.05, 3.63) is 0 Å². The Bertz CT molecular complexity index is 144. The molecule has 2 nitrogen and oxygen atoms in total. The molecule has 1 heterocycles. The monoisotopic (exact) mass is 153 g/mol. The van der Waals surface area contributed by atoms with E-state index in [1.54, 1.807) is 0 Å². The number of carbonyl (C=O) groups excluding carboxylic acids is 1. The van der Waals surface area contributed by atoms with E-state index in [0.717, 1.165) is 18.6 Å². The van der Waals surface area contributed by atoms with E-state index in [2.05, 4.69) is 5.32 Å². The maximum Gasteiger partial charge on any atom is 0.136 e. The van der Waals surface area contributed by atoms with E-state index < -0.39 is 0 Å². The first-order chi connectivity index (χ1) is 5.40. The Balaban J connectivity index is 1.97. The number of nitrogens with one attached hydrogen (secondary N) is 1. The summed E-state index contributed by atoms with van der Waals surface area (Å²) in [5.41, 5.74) is 0. The van der Waals surface area contributed by atoms with Crippen LogP contribution in [-0.2, 0) is 4.79 Å². The first kappa shape index (κ1) is 7.29. The average molecular weight is 153 g/mol. The number of hydrogen-bond acceptors (Lipinski definition) is 2. The molecule has 2 heteroatoms. The molecule has 0 aromatic rings. The highest BCUT2D eigenvalue weighted by molar-refractivity contribution is 5.58. The Morgan fingerprint density at radius 1 is 1.27 bits per heavy atom. The molecule has 2 fully saturated rings. The molecule has 1 saturated carbocycles. The standard InChI is InChI=1S/C9H15NO/c11-6-8-5-7-3-1-2-4-9(7)10-8/h6-10H,1-5H2/t7-,8+,9+/m1/s1. The van der Waals surface area contributed by atoms with E-state index in [1.807, 2.05) is 0 Å². The van der Waals surface area contributed by atoms with Gasteiger partial charge in [0, 0.05) is 6.04 Å². The Hall–Kier alpha value is -0.370. The van der Waals surface area contributed by atoms with Crippen molar-refractivity contribution in [1.29, 1.82) is 0 Å². The molecule has 2 rings (SSSR count). The third kappa shape index (κ3) is 1.32. The van der Waals surface area contributed by atoms with E-state index in [9.17, 15) is 4.79 Å². The van der Waals surface area contributed by atoms with Crippen molar-refractivity contribution in [1.82, 2.24) is 5.32 Å². The summed E-state index contributed by atoms with van der Waals surface area (Å²) < 4.78 is 0. The van der Waals surface area contributed by atoms with Gasteiger partial charge in [0.15, 0.2) is 0 Å². The maximum absolute atomic E-state index is 10.5. The lowest BCUT2D eigenvalue weighted by atomic mass is 9.85. The summed E-state index contributed by atoms with van der Waals surface area (Å²) in [4.78, 5) is 10.5. The van der Waals surface area contributed by atoms with Crippen LogP contribution < -0.4 is 5.32 Å². The maximum atomic E-state index is 10.5. The highest BCUT2D eigenvalue weighted by atomic mass is 16.1. The van der Waals surface area contributed by atoms with Crippen LogP contribution in [0.15, 0.2) is 0 Å². The predicted molar refractivity (Wildman–Crippen MR) is 43.4 cm³/mol. The fourth-order valence-electron chi connectivity index (χ4n) is 2.47. The fraction of sp³-hybridized carbons (Fsp3) is 0.889. The van der Waals surface area contributed by atoms with Gasteiger partial charge in [-0.25, -0.2) is 0 Å². The lowest BCUT2D eigenvalue weighted by Crippen LogP contribution is -2.33. The van der Waals surface area contributed by atoms with Crippen molar-refractivity contribution in [2.75, 3.05) is 0 Å². The van der Waals surface area contributed by atoms with Crippen LogP contribution >= 0.6 is 0 Å². The third-order valence-corrected chi connectivity index (χ3v) is 3.06. The Kier molecular flexibility index (Phi) is 1.95. The van der Waals surface area contributed by atoms with E-state index >= 15 is 0 Å². The van der Waals surface area contributed by atoms with Crippen molar-refractivity contribution < 1.29 is 4.79 Å². The van der Waals surface area contributed by atoms with Gasteiger partial charge in [0.05, 0.1) is 6.04 Å². The molecule has 0 radical (unpaired) electrons. The molecule has 1 aliphatic carbocycles. The van der Waals surface area contributed by atoms with Gasteiger partial charge in [0.25, 0.3) is 0 Å². The van der Waals surface area contributed by atoms with E-state index in [4.69, 9.17) is 0 Å². The van der Waals surface area contributed by atoms with Gasteiger partial charge in [-0.05, 0) is 25.2 Å². The normalized spacial score (nSPS) is 43.5. The van der Waals surface area contributed by atoms with Crippen molar-refractivity contribution >= 4 is 6.29 Å². The first-order valence-electron chi connectivity index (χ1n) is 4.61. The molecule has 0 unspecified atom stereocenters. The van der Waals surface area contributed by atoms with Gasteiger partial charge in [0.2, 0.25) is 0 Å². The molecule has 11 heavy (non-hydrogen) atoms. The summed E-state index contributed by atoms with van der Waals surface area (Å²) in [6.07, 6.45) is 7.50. The molecule has 2 aliphatic rings. The van der Waals surface area contributed by atoms with Crippen molar-refractivity contribution in [3.8, 4) is 0 Å². The van der Waals surface area contributed by atoms with Gasteiger partial charge in [-0.15, -0.1) is 0 Å². The minimum Gasteiger partial charge on any atom is -0.305 e. The second-order valence-electron chi connectivity index (χ2n) is 3.80. The van der Waals surface area contributed by atoms with Crippen LogP contribution in [0.3, 0.4) is 0 Å².